The van der Waals surface area contributed by atoms with Crippen molar-refractivity contribution in [2.24, 2.45) is 22.2 Å². The fraction of sp³-hybridized carbons (Fsp3) is 0.611. The minimum absolute atomic E-state index is 0.159. The molecule has 14 nitrogen and oxygen atoms in total. The number of aldehydes is 1. The van der Waals surface area contributed by atoms with E-state index in [0.717, 1.165) is 0 Å². The van der Waals surface area contributed by atoms with Crippen LogP contribution in [0, 0.1) is 0 Å². The maximum absolute atomic E-state index is 12.4. The Morgan fingerprint density at radius 2 is 2.09 bits per heavy atom. The van der Waals surface area contributed by atoms with Gasteiger partial charge in [-0.3, -0.25) is 9.59 Å². The van der Waals surface area contributed by atoms with Crippen molar-refractivity contribution in [2.45, 2.75) is 50.2 Å². The van der Waals surface area contributed by atoms with Gasteiger partial charge in [-0.05, 0) is 25.5 Å². The Bertz CT molecular complexity index is 769. The molecule has 178 valence electrons. The molecular weight excluding hydrogens is 428 g/mol. The van der Waals surface area contributed by atoms with E-state index >= 15 is 0 Å². The predicted molar refractivity (Wildman–Crippen MR) is 109 cm³/mol. The average Bonchev–Trinajstić information content (AvgIpc) is 3.16. The summed E-state index contributed by atoms with van der Waals surface area (Å²) in [5, 5.41) is 5.18. The van der Waals surface area contributed by atoms with Gasteiger partial charge in [0.1, 0.15) is 6.61 Å². The van der Waals surface area contributed by atoms with Gasteiger partial charge in [-0.2, -0.15) is 0 Å². The summed E-state index contributed by atoms with van der Waals surface area (Å²) in [6, 6.07) is -1.91. The molecular formula is C18H28N6O8. The molecule has 32 heavy (non-hydrogen) atoms. The summed E-state index contributed by atoms with van der Waals surface area (Å²) >= 11 is 0. The highest BCUT2D eigenvalue weighted by atomic mass is 16.8. The number of aliphatic imine (C=N–C) groups is 1. The van der Waals surface area contributed by atoms with E-state index in [4.69, 9.17) is 36.1 Å². The van der Waals surface area contributed by atoms with Crippen LogP contribution in [0.5, 0.6) is 0 Å². The zero-order valence-corrected chi connectivity index (χ0v) is 17.5. The van der Waals surface area contributed by atoms with Crippen LogP contribution in [0.4, 0.5) is 9.59 Å². The zero-order chi connectivity index (χ0) is 23.7. The summed E-state index contributed by atoms with van der Waals surface area (Å²) in [6.45, 7) is 1.77. The molecule has 2 heterocycles. The number of nitrogens with two attached hydrogens (primary N) is 3. The number of rotatable bonds is 10. The number of nitrogens with one attached hydrogen (secondary N) is 2. The molecule has 0 aliphatic carbocycles. The Hall–Kier alpha value is -3.55. The molecule has 2 aliphatic heterocycles. The van der Waals surface area contributed by atoms with E-state index in [-0.39, 0.29) is 18.3 Å². The lowest BCUT2D eigenvalue weighted by Crippen LogP contribution is -2.60. The monoisotopic (exact) mass is 456 g/mol. The van der Waals surface area contributed by atoms with Gasteiger partial charge < -0.3 is 46.8 Å². The van der Waals surface area contributed by atoms with E-state index in [2.05, 4.69) is 15.6 Å². The first-order valence-electron chi connectivity index (χ1n) is 9.92. The van der Waals surface area contributed by atoms with Crippen LogP contribution in [0.3, 0.4) is 0 Å². The quantitative estimate of drug-likeness (QED) is 0.0794. The number of guanidine groups is 1. The lowest BCUT2D eigenvalue weighted by atomic mass is 9.92. The van der Waals surface area contributed by atoms with Crippen molar-refractivity contribution < 1.29 is 38.1 Å². The summed E-state index contributed by atoms with van der Waals surface area (Å²) in [6.07, 6.45) is -2.33. The zero-order valence-electron chi connectivity index (χ0n) is 17.5. The van der Waals surface area contributed by atoms with Gasteiger partial charge in [0.25, 0.3) is 0 Å². The van der Waals surface area contributed by atoms with Crippen molar-refractivity contribution >= 4 is 30.4 Å². The minimum atomic E-state index is -1.28. The molecule has 2 rings (SSSR count). The van der Waals surface area contributed by atoms with Gasteiger partial charge in [0.2, 0.25) is 5.91 Å². The van der Waals surface area contributed by atoms with E-state index in [9.17, 15) is 19.2 Å². The molecule has 0 aromatic rings. The predicted octanol–water partition coefficient (Wildman–Crippen LogP) is -2.02. The number of nitrogens with zero attached hydrogens (tertiary/aromatic N) is 1. The Labute approximate surface area is 183 Å². The van der Waals surface area contributed by atoms with Crippen LogP contribution in [0.15, 0.2) is 16.8 Å². The van der Waals surface area contributed by atoms with Crippen LogP contribution < -0.4 is 27.8 Å². The van der Waals surface area contributed by atoms with Crippen molar-refractivity contribution in [3.8, 4) is 0 Å². The highest BCUT2D eigenvalue weighted by Crippen LogP contribution is 2.28. The molecule has 0 saturated carbocycles. The molecule has 5 atom stereocenters. The standard InChI is InChI=1S/C18H28N6O8/c1-9(26)23-13-11(24-16(20)21)6-10(7-25)30-15(13)14(12-8-29-18(28)31-12)32-17(27)22-5-3-2-4-19/h6-7,11-15H,2-5,8,19H2,1H3,(H,22,27)(H,23,26)(H4,20,21,24)/t11-,12+,13+,14+,15+/m0/s1. The summed E-state index contributed by atoms with van der Waals surface area (Å²) in [4.78, 5) is 51.2. The van der Waals surface area contributed by atoms with E-state index in [1.807, 2.05) is 0 Å². The lowest BCUT2D eigenvalue weighted by Gasteiger charge is -2.39. The van der Waals surface area contributed by atoms with Crippen LogP contribution in [-0.2, 0) is 28.5 Å². The molecule has 2 aliphatic rings. The summed E-state index contributed by atoms with van der Waals surface area (Å²) in [5.41, 5.74) is 16.4. The van der Waals surface area contributed by atoms with Crippen molar-refractivity contribution in [2.75, 3.05) is 19.7 Å². The Kier molecular flexibility index (Phi) is 9.07. The smallest absolute Gasteiger partial charge is 0.481 e. The normalized spacial score (nSPS) is 25.2. The molecule has 14 heteroatoms. The maximum Gasteiger partial charge on any atom is 0.508 e. The number of alkyl carbamates (subject to hydrolysis) is 1. The van der Waals surface area contributed by atoms with Gasteiger partial charge in [-0.25, -0.2) is 14.6 Å². The largest absolute Gasteiger partial charge is 0.508 e. The van der Waals surface area contributed by atoms with E-state index < -0.39 is 48.6 Å². The molecule has 0 unspecified atom stereocenters. The fourth-order valence-corrected chi connectivity index (χ4v) is 3.25. The molecule has 0 aromatic heterocycles. The molecule has 8 N–H and O–H groups in total. The van der Waals surface area contributed by atoms with Gasteiger partial charge >= 0.3 is 12.2 Å². The van der Waals surface area contributed by atoms with E-state index in [0.29, 0.717) is 32.2 Å². The lowest BCUT2D eigenvalue weighted by molar-refractivity contribution is -0.126. The van der Waals surface area contributed by atoms with Crippen molar-refractivity contribution in [1.29, 1.82) is 0 Å². The van der Waals surface area contributed by atoms with Crippen molar-refractivity contribution in [3.63, 3.8) is 0 Å². The molecule has 0 spiro atoms. The second-order valence-electron chi connectivity index (χ2n) is 7.05. The Morgan fingerprint density at radius 3 is 2.66 bits per heavy atom. The average molecular weight is 456 g/mol. The van der Waals surface area contributed by atoms with Crippen LogP contribution >= 0.6 is 0 Å². The SMILES string of the molecule is CC(=O)N[C@H]1[C@H]([C@H](OC(=O)NCCCCN)[C@H]2COC(=O)O2)OC(C=O)=C[C@@H]1N=C(N)N. The number of unbranched alkanes of at least 4 members (excludes halogenated alkanes) is 1. The van der Waals surface area contributed by atoms with E-state index in [1.165, 1.54) is 13.0 Å². The molecule has 1 fully saturated rings. The first-order valence-corrected chi connectivity index (χ1v) is 9.92. The van der Waals surface area contributed by atoms with Gasteiger partial charge in [0.15, 0.2) is 36.3 Å². The third-order valence-electron chi connectivity index (χ3n) is 4.56. The number of allylic oxidation sites excluding steroid dienone is 1. The van der Waals surface area contributed by atoms with Gasteiger partial charge in [-0.15, -0.1) is 0 Å². The molecule has 0 bridgehead atoms. The number of cyclic esters (lactones) is 2. The van der Waals surface area contributed by atoms with Crippen LogP contribution in [-0.4, -0.2) is 80.5 Å². The molecule has 0 aromatic carbocycles. The van der Waals surface area contributed by atoms with Crippen molar-refractivity contribution in [3.05, 3.63) is 11.8 Å². The number of amides is 2. The Balaban J connectivity index is 2.34. The second-order valence-corrected chi connectivity index (χ2v) is 7.05. The topological polar surface area (TPSA) is 220 Å². The van der Waals surface area contributed by atoms with Crippen LogP contribution in [0.1, 0.15) is 19.8 Å². The number of carbonyl (C=O) groups is 4. The van der Waals surface area contributed by atoms with Gasteiger partial charge in [-0.1, -0.05) is 0 Å². The summed E-state index contributed by atoms with van der Waals surface area (Å²) in [7, 11) is 0. The Morgan fingerprint density at radius 1 is 1.34 bits per heavy atom. The van der Waals surface area contributed by atoms with Gasteiger partial charge in [0.05, 0.1) is 12.1 Å². The fourth-order valence-electron chi connectivity index (χ4n) is 3.25. The highest BCUT2D eigenvalue weighted by molar-refractivity contribution is 5.77. The number of ether oxygens (including phenoxy) is 4. The number of hydrogen-bond donors (Lipinski definition) is 5. The minimum Gasteiger partial charge on any atom is -0.481 e. The van der Waals surface area contributed by atoms with E-state index in [1.54, 1.807) is 0 Å². The third kappa shape index (κ3) is 7.01. The number of hydrogen-bond acceptors (Lipinski definition) is 10. The van der Waals surface area contributed by atoms with Crippen LogP contribution in [0.2, 0.25) is 0 Å². The second kappa shape index (κ2) is 11.7. The molecule has 1 saturated heterocycles. The maximum atomic E-state index is 12.4. The molecule has 2 amide bonds. The van der Waals surface area contributed by atoms with Crippen LogP contribution in [0.25, 0.3) is 0 Å². The summed E-state index contributed by atoms with van der Waals surface area (Å²) in [5.74, 6) is -0.931. The third-order valence-corrected chi connectivity index (χ3v) is 4.56. The first kappa shape index (κ1) is 24.7. The summed E-state index contributed by atoms with van der Waals surface area (Å²) < 4.78 is 21.1. The van der Waals surface area contributed by atoms with Crippen molar-refractivity contribution in [1.82, 2.24) is 10.6 Å². The molecule has 0 radical (unpaired) electrons. The van der Waals surface area contributed by atoms with Gasteiger partial charge in [0, 0.05) is 13.5 Å². The first-order chi connectivity index (χ1) is 15.2. The number of carbonyl (C=O) groups excluding carboxylic acids is 4. The highest BCUT2D eigenvalue weighted by Gasteiger charge is 2.49.